The van der Waals surface area contributed by atoms with E-state index in [0.29, 0.717) is 29.3 Å². The Kier molecular flexibility index (Phi) is 7.05. The number of likely N-dealkylation sites (tertiary alicyclic amines) is 1. The Morgan fingerprint density at radius 3 is 2.43 bits per heavy atom. The molecule has 0 aliphatic carbocycles. The van der Waals surface area contributed by atoms with E-state index in [1.54, 1.807) is 11.0 Å². The molecule has 3 nitrogen and oxygen atoms in total. The van der Waals surface area contributed by atoms with Gasteiger partial charge in [-0.15, -0.1) is 6.58 Å². The highest BCUT2D eigenvalue weighted by molar-refractivity contribution is 6.30. The van der Waals surface area contributed by atoms with Gasteiger partial charge in [0.1, 0.15) is 6.29 Å². The van der Waals surface area contributed by atoms with Crippen molar-refractivity contribution in [1.82, 2.24) is 4.90 Å². The Balaban J connectivity index is 2.23. The van der Waals surface area contributed by atoms with Gasteiger partial charge in [0, 0.05) is 16.0 Å². The van der Waals surface area contributed by atoms with E-state index < -0.39 is 11.5 Å². The lowest BCUT2D eigenvalue weighted by Crippen LogP contribution is -2.55. The lowest BCUT2D eigenvalue weighted by Gasteiger charge is -2.51. The molecule has 158 valence electrons. The summed E-state index contributed by atoms with van der Waals surface area (Å²) in [6.45, 7) is 7.77. The molecule has 1 heterocycles. The predicted octanol–water partition coefficient (Wildman–Crippen LogP) is 6.61. The maximum atomic E-state index is 13.8. The standard InChI is InChI=1S/C25H27Cl2NO2/c1-4-13-25(3)15-22(18-7-6-8-20(27)14-18)23(17-9-11-19(26)12-10-17)28(24(25)30)21(5-2)16-29/h4,6-12,14,16,21-23H,1,5,13,15H2,2-3H3/t21-,22-,23-,25+/m1/s1. The molecule has 1 aliphatic rings. The zero-order valence-electron chi connectivity index (χ0n) is 17.4. The van der Waals surface area contributed by atoms with Crippen LogP contribution in [0.1, 0.15) is 56.2 Å². The molecule has 0 bridgehead atoms. The third-order valence-electron chi connectivity index (χ3n) is 6.12. The molecule has 0 unspecified atom stereocenters. The van der Waals surface area contributed by atoms with Gasteiger partial charge in [-0.2, -0.15) is 0 Å². The monoisotopic (exact) mass is 443 g/mol. The summed E-state index contributed by atoms with van der Waals surface area (Å²) in [4.78, 5) is 27.6. The number of allylic oxidation sites excluding steroid dienone is 1. The van der Waals surface area contributed by atoms with Crippen molar-refractivity contribution in [2.45, 2.75) is 51.1 Å². The predicted molar refractivity (Wildman–Crippen MR) is 123 cm³/mol. The van der Waals surface area contributed by atoms with Gasteiger partial charge in [0.15, 0.2) is 0 Å². The Hall–Kier alpha value is -2.10. The summed E-state index contributed by atoms with van der Waals surface area (Å²) in [5.41, 5.74) is 1.36. The SMILES string of the molecule is C=CC[C@@]1(C)C[C@H](c2cccc(Cl)c2)[C@@H](c2ccc(Cl)cc2)N([C@@H](C=O)CC)C1=O. The maximum Gasteiger partial charge on any atom is 0.229 e. The van der Waals surface area contributed by atoms with Crippen LogP contribution in [0.25, 0.3) is 0 Å². The van der Waals surface area contributed by atoms with Crippen LogP contribution in [0.3, 0.4) is 0 Å². The number of aldehydes is 1. The van der Waals surface area contributed by atoms with E-state index in [1.165, 1.54) is 0 Å². The maximum absolute atomic E-state index is 13.8. The van der Waals surface area contributed by atoms with E-state index in [0.717, 1.165) is 17.4 Å². The second-order valence-electron chi connectivity index (χ2n) is 8.24. The van der Waals surface area contributed by atoms with Crippen LogP contribution in [0, 0.1) is 5.41 Å². The fraction of sp³-hybridized carbons (Fsp3) is 0.360. The summed E-state index contributed by atoms with van der Waals surface area (Å²) in [6.07, 6.45) is 4.40. The molecule has 0 N–H and O–H groups in total. The number of amides is 1. The Morgan fingerprint density at radius 2 is 1.87 bits per heavy atom. The lowest BCUT2D eigenvalue weighted by atomic mass is 9.67. The van der Waals surface area contributed by atoms with Crippen LogP contribution >= 0.6 is 23.2 Å². The molecular formula is C25H27Cl2NO2. The summed E-state index contributed by atoms with van der Waals surface area (Å²) in [6, 6.07) is 14.5. The molecule has 0 radical (unpaired) electrons. The van der Waals surface area contributed by atoms with Gasteiger partial charge in [0.05, 0.1) is 17.5 Å². The number of halogens is 2. The number of hydrogen-bond donors (Lipinski definition) is 0. The Morgan fingerprint density at radius 1 is 1.17 bits per heavy atom. The molecule has 1 saturated heterocycles. The minimum Gasteiger partial charge on any atom is -0.325 e. The topological polar surface area (TPSA) is 37.4 Å². The van der Waals surface area contributed by atoms with E-state index in [4.69, 9.17) is 23.2 Å². The average molecular weight is 444 g/mol. The summed E-state index contributed by atoms with van der Waals surface area (Å²) in [5.74, 6) is -0.0406. The fourth-order valence-electron chi connectivity index (χ4n) is 4.61. The lowest BCUT2D eigenvalue weighted by molar-refractivity contribution is -0.156. The van der Waals surface area contributed by atoms with Crippen molar-refractivity contribution < 1.29 is 9.59 Å². The molecule has 0 saturated carbocycles. The van der Waals surface area contributed by atoms with Crippen molar-refractivity contribution >= 4 is 35.4 Å². The van der Waals surface area contributed by atoms with Crippen LogP contribution in [0.15, 0.2) is 61.2 Å². The molecule has 1 fully saturated rings. The van der Waals surface area contributed by atoms with Crippen molar-refractivity contribution in [3.8, 4) is 0 Å². The van der Waals surface area contributed by atoms with E-state index in [-0.39, 0.29) is 17.9 Å². The molecule has 3 rings (SSSR count). The van der Waals surface area contributed by atoms with Gasteiger partial charge >= 0.3 is 0 Å². The van der Waals surface area contributed by atoms with Gasteiger partial charge in [-0.25, -0.2) is 0 Å². The van der Waals surface area contributed by atoms with Crippen molar-refractivity contribution in [2.75, 3.05) is 0 Å². The zero-order chi connectivity index (χ0) is 21.9. The van der Waals surface area contributed by atoms with Gasteiger partial charge in [-0.05, 0) is 54.7 Å². The smallest absolute Gasteiger partial charge is 0.229 e. The fourth-order valence-corrected chi connectivity index (χ4v) is 4.94. The molecule has 1 aliphatic heterocycles. The summed E-state index contributed by atoms with van der Waals surface area (Å²) in [5, 5.41) is 1.28. The first-order valence-corrected chi connectivity index (χ1v) is 11.0. The number of rotatable bonds is 7. The molecule has 30 heavy (non-hydrogen) atoms. The van der Waals surface area contributed by atoms with Crippen molar-refractivity contribution in [3.63, 3.8) is 0 Å². The summed E-state index contributed by atoms with van der Waals surface area (Å²) < 4.78 is 0. The zero-order valence-corrected chi connectivity index (χ0v) is 18.9. The van der Waals surface area contributed by atoms with Crippen LogP contribution < -0.4 is 0 Å². The third-order valence-corrected chi connectivity index (χ3v) is 6.61. The van der Waals surface area contributed by atoms with Gasteiger partial charge in [0.25, 0.3) is 0 Å². The molecule has 0 aromatic heterocycles. The van der Waals surface area contributed by atoms with E-state index in [2.05, 4.69) is 6.58 Å². The molecule has 4 atom stereocenters. The van der Waals surface area contributed by atoms with Gasteiger partial charge in [-0.1, -0.05) is 67.4 Å². The van der Waals surface area contributed by atoms with Crippen LogP contribution in [-0.2, 0) is 9.59 Å². The molecule has 1 amide bonds. The normalized spacial score (nSPS) is 25.1. The van der Waals surface area contributed by atoms with Crippen molar-refractivity contribution in [2.24, 2.45) is 5.41 Å². The van der Waals surface area contributed by atoms with E-state index in [1.807, 2.05) is 62.4 Å². The minimum atomic E-state index is -0.645. The number of benzene rings is 2. The molecule has 2 aromatic carbocycles. The summed E-state index contributed by atoms with van der Waals surface area (Å²) >= 11 is 12.5. The Labute approximate surface area is 188 Å². The number of carbonyl (C=O) groups is 2. The third kappa shape index (κ3) is 4.33. The quantitative estimate of drug-likeness (QED) is 0.356. The minimum absolute atomic E-state index is 0.0143. The summed E-state index contributed by atoms with van der Waals surface area (Å²) in [7, 11) is 0. The second kappa shape index (κ2) is 9.36. The van der Waals surface area contributed by atoms with Crippen LogP contribution in [0.4, 0.5) is 0 Å². The number of hydrogen-bond acceptors (Lipinski definition) is 2. The number of carbonyl (C=O) groups excluding carboxylic acids is 2. The average Bonchev–Trinajstić information content (AvgIpc) is 2.73. The highest BCUT2D eigenvalue weighted by atomic mass is 35.5. The van der Waals surface area contributed by atoms with Crippen molar-refractivity contribution in [1.29, 1.82) is 0 Å². The first-order valence-electron chi connectivity index (χ1n) is 10.2. The molecular weight excluding hydrogens is 417 g/mol. The second-order valence-corrected chi connectivity index (χ2v) is 9.11. The van der Waals surface area contributed by atoms with Gasteiger partial charge in [0.2, 0.25) is 5.91 Å². The largest absolute Gasteiger partial charge is 0.325 e. The van der Waals surface area contributed by atoms with Gasteiger partial charge in [-0.3, -0.25) is 4.79 Å². The van der Waals surface area contributed by atoms with E-state index >= 15 is 0 Å². The molecule has 5 heteroatoms. The Bertz CT molecular complexity index is 927. The van der Waals surface area contributed by atoms with Crippen LogP contribution in [0.2, 0.25) is 10.0 Å². The highest BCUT2D eigenvalue weighted by Gasteiger charge is 2.50. The molecule has 2 aromatic rings. The van der Waals surface area contributed by atoms with Crippen LogP contribution in [-0.4, -0.2) is 23.1 Å². The molecule has 0 spiro atoms. The first kappa shape index (κ1) is 22.6. The van der Waals surface area contributed by atoms with E-state index in [9.17, 15) is 9.59 Å². The first-order chi connectivity index (χ1) is 14.3. The number of piperidine rings is 1. The number of nitrogens with zero attached hydrogens (tertiary/aromatic N) is 1. The highest BCUT2D eigenvalue weighted by Crippen LogP contribution is 2.52. The van der Waals surface area contributed by atoms with Crippen LogP contribution in [0.5, 0.6) is 0 Å². The van der Waals surface area contributed by atoms with Crippen molar-refractivity contribution in [3.05, 3.63) is 82.4 Å². The van der Waals surface area contributed by atoms with Gasteiger partial charge < -0.3 is 9.69 Å².